The first-order valence-electron chi connectivity index (χ1n) is 6.96. The van der Waals surface area contributed by atoms with Crippen molar-refractivity contribution in [2.75, 3.05) is 13.1 Å². The third-order valence-corrected chi connectivity index (χ3v) is 3.28. The second-order valence-electron chi connectivity index (χ2n) is 6.28. The second-order valence-corrected chi connectivity index (χ2v) is 6.28. The molecule has 1 N–H and O–H groups in total. The van der Waals surface area contributed by atoms with Crippen molar-refractivity contribution >= 4 is 12.0 Å². The Balaban J connectivity index is 2.56. The molecule has 5 heteroatoms. The molecule has 0 bridgehead atoms. The van der Waals surface area contributed by atoms with E-state index in [1.54, 1.807) is 11.8 Å². The highest BCUT2D eigenvalue weighted by Crippen LogP contribution is 2.20. The van der Waals surface area contributed by atoms with Crippen molar-refractivity contribution in [3.05, 3.63) is 0 Å². The normalized spacial score (nSPS) is 23.9. The molecule has 2 unspecified atom stereocenters. The van der Waals surface area contributed by atoms with Gasteiger partial charge in [0.1, 0.15) is 5.60 Å². The minimum atomic E-state index is -0.497. The number of nitrogens with one attached hydrogen (secondary N) is 1. The maximum Gasteiger partial charge on any atom is 0.407 e. The zero-order valence-electron chi connectivity index (χ0n) is 12.7. The van der Waals surface area contributed by atoms with Gasteiger partial charge in [-0.15, -0.1) is 0 Å². The highest BCUT2D eigenvalue weighted by molar-refractivity contribution is 5.73. The fourth-order valence-electron chi connectivity index (χ4n) is 2.34. The minimum Gasteiger partial charge on any atom is -0.444 e. The van der Waals surface area contributed by atoms with E-state index in [-0.39, 0.29) is 11.9 Å². The summed E-state index contributed by atoms with van der Waals surface area (Å²) in [6, 6.07) is -0.0163. The first-order valence-corrected chi connectivity index (χ1v) is 6.96. The molecule has 0 aliphatic carbocycles. The van der Waals surface area contributed by atoms with Gasteiger partial charge in [-0.25, -0.2) is 4.79 Å². The number of rotatable bonds is 2. The van der Waals surface area contributed by atoms with Gasteiger partial charge in [-0.05, 0) is 33.1 Å². The van der Waals surface area contributed by atoms with Crippen LogP contribution in [0.2, 0.25) is 0 Å². The molecule has 5 nitrogen and oxygen atoms in total. The molecular weight excluding hydrogens is 244 g/mol. The Morgan fingerprint density at radius 2 is 1.95 bits per heavy atom. The van der Waals surface area contributed by atoms with E-state index in [0.717, 1.165) is 19.4 Å². The predicted molar refractivity (Wildman–Crippen MR) is 73.8 cm³/mol. The molecule has 110 valence electrons. The van der Waals surface area contributed by atoms with Crippen LogP contribution in [0.1, 0.15) is 47.5 Å². The van der Waals surface area contributed by atoms with E-state index in [9.17, 15) is 9.59 Å². The maximum absolute atomic E-state index is 11.8. The van der Waals surface area contributed by atoms with Crippen LogP contribution < -0.4 is 5.32 Å². The number of amides is 2. The van der Waals surface area contributed by atoms with E-state index in [1.807, 2.05) is 20.8 Å². The number of piperidine rings is 1. The Morgan fingerprint density at radius 3 is 2.42 bits per heavy atom. The molecule has 0 saturated carbocycles. The molecule has 1 rings (SSSR count). The lowest BCUT2D eigenvalue weighted by Crippen LogP contribution is -2.52. The summed E-state index contributed by atoms with van der Waals surface area (Å²) >= 11 is 0. The average Bonchev–Trinajstić information content (AvgIpc) is 2.25. The van der Waals surface area contributed by atoms with Crippen molar-refractivity contribution in [1.29, 1.82) is 0 Å². The zero-order chi connectivity index (χ0) is 14.6. The Bertz CT molecular complexity index is 336. The molecule has 0 aromatic carbocycles. The van der Waals surface area contributed by atoms with Gasteiger partial charge in [-0.2, -0.15) is 0 Å². The third-order valence-electron chi connectivity index (χ3n) is 3.28. The van der Waals surface area contributed by atoms with Crippen LogP contribution in [0.25, 0.3) is 0 Å². The largest absolute Gasteiger partial charge is 0.444 e. The van der Waals surface area contributed by atoms with Gasteiger partial charge in [0.15, 0.2) is 0 Å². The van der Waals surface area contributed by atoms with Crippen molar-refractivity contribution in [2.45, 2.75) is 59.1 Å². The lowest BCUT2D eigenvalue weighted by molar-refractivity contribution is -0.131. The van der Waals surface area contributed by atoms with Gasteiger partial charge in [0.05, 0.1) is 6.04 Å². The lowest BCUT2D eigenvalue weighted by atomic mass is 9.92. The topological polar surface area (TPSA) is 58.6 Å². The lowest BCUT2D eigenvalue weighted by Gasteiger charge is -2.37. The molecule has 0 aromatic rings. The summed E-state index contributed by atoms with van der Waals surface area (Å²) in [5.41, 5.74) is -0.497. The number of hydrogen-bond donors (Lipinski definition) is 1. The second kappa shape index (κ2) is 6.26. The van der Waals surface area contributed by atoms with E-state index in [1.165, 1.54) is 0 Å². The van der Waals surface area contributed by atoms with Gasteiger partial charge >= 0.3 is 6.09 Å². The van der Waals surface area contributed by atoms with Crippen LogP contribution in [0, 0.1) is 5.92 Å². The Morgan fingerprint density at radius 1 is 1.32 bits per heavy atom. The number of likely N-dealkylation sites (tertiary alicyclic amines) is 1. The van der Waals surface area contributed by atoms with Crippen LogP contribution in [0.3, 0.4) is 0 Å². The van der Waals surface area contributed by atoms with Crippen LogP contribution in [-0.4, -0.2) is 41.6 Å². The molecule has 2 atom stereocenters. The smallest absolute Gasteiger partial charge is 0.407 e. The van der Waals surface area contributed by atoms with Gasteiger partial charge < -0.3 is 15.0 Å². The number of alkyl carbamates (subject to hydrolysis) is 1. The Hall–Kier alpha value is -1.26. The van der Waals surface area contributed by atoms with Crippen molar-refractivity contribution in [1.82, 2.24) is 10.2 Å². The van der Waals surface area contributed by atoms with Gasteiger partial charge in [-0.3, -0.25) is 4.79 Å². The SMILES string of the molecule is CCC1CC(NC(=O)OC(C)(C)C)CN(C(C)=O)C1. The first kappa shape index (κ1) is 15.8. The van der Waals surface area contributed by atoms with Crippen LogP contribution in [-0.2, 0) is 9.53 Å². The van der Waals surface area contributed by atoms with E-state index in [2.05, 4.69) is 12.2 Å². The highest BCUT2D eigenvalue weighted by Gasteiger charge is 2.29. The highest BCUT2D eigenvalue weighted by atomic mass is 16.6. The quantitative estimate of drug-likeness (QED) is 0.836. The predicted octanol–water partition coefficient (Wildman–Crippen LogP) is 2.16. The summed E-state index contributed by atoms with van der Waals surface area (Å²) in [5.74, 6) is 0.506. The fourth-order valence-corrected chi connectivity index (χ4v) is 2.34. The van der Waals surface area contributed by atoms with E-state index >= 15 is 0 Å². The molecule has 1 fully saturated rings. The Kier molecular flexibility index (Phi) is 5.20. The molecule has 0 radical (unpaired) electrons. The minimum absolute atomic E-state index is 0.0163. The van der Waals surface area contributed by atoms with E-state index < -0.39 is 11.7 Å². The summed E-state index contributed by atoms with van der Waals surface area (Å²) in [5, 5.41) is 2.87. The number of hydrogen-bond acceptors (Lipinski definition) is 3. The molecule has 1 heterocycles. The summed E-state index contributed by atoms with van der Waals surface area (Å²) in [4.78, 5) is 25.1. The Labute approximate surface area is 115 Å². The zero-order valence-corrected chi connectivity index (χ0v) is 12.7. The van der Waals surface area contributed by atoms with Crippen molar-refractivity contribution in [3.8, 4) is 0 Å². The van der Waals surface area contributed by atoms with E-state index in [0.29, 0.717) is 12.5 Å². The maximum atomic E-state index is 11.8. The number of ether oxygens (including phenoxy) is 1. The van der Waals surface area contributed by atoms with Crippen molar-refractivity contribution in [3.63, 3.8) is 0 Å². The summed E-state index contributed by atoms with van der Waals surface area (Å²) in [6.07, 6.45) is 1.51. The van der Waals surface area contributed by atoms with Crippen LogP contribution in [0.5, 0.6) is 0 Å². The molecule has 1 saturated heterocycles. The van der Waals surface area contributed by atoms with Gasteiger partial charge in [0.2, 0.25) is 5.91 Å². The summed E-state index contributed by atoms with van der Waals surface area (Å²) in [6.45, 7) is 10.6. The van der Waals surface area contributed by atoms with Gasteiger partial charge in [0, 0.05) is 20.0 Å². The number of nitrogens with zero attached hydrogens (tertiary/aromatic N) is 1. The van der Waals surface area contributed by atoms with Gasteiger partial charge in [-0.1, -0.05) is 13.3 Å². The molecule has 1 aliphatic rings. The number of carbonyl (C=O) groups is 2. The van der Waals surface area contributed by atoms with Gasteiger partial charge in [0.25, 0.3) is 0 Å². The van der Waals surface area contributed by atoms with Crippen LogP contribution in [0.4, 0.5) is 4.79 Å². The molecule has 0 aromatic heterocycles. The van der Waals surface area contributed by atoms with Crippen LogP contribution >= 0.6 is 0 Å². The number of carbonyl (C=O) groups excluding carboxylic acids is 2. The third kappa shape index (κ3) is 5.49. The average molecular weight is 270 g/mol. The molecule has 0 spiro atoms. The molecule has 1 aliphatic heterocycles. The molecule has 19 heavy (non-hydrogen) atoms. The van der Waals surface area contributed by atoms with Crippen molar-refractivity contribution in [2.24, 2.45) is 5.92 Å². The van der Waals surface area contributed by atoms with Crippen LogP contribution in [0.15, 0.2) is 0 Å². The molecule has 2 amide bonds. The van der Waals surface area contributed by atoms with Crippen molar-refractivity contribution < 1.29 is 14.3 Å². The fraction of sp³-hybridized carbons (Fsp3) is 0.857. The summed E-state index contributed by atoms with van der Waals surface area (Å²) < 4.78 is 5.25. The monoisotopic (exact) mass is 270 g/mol. The van der Waals surface area contributed by atoms with E-state index in [4.69, 9.17) is 4.74 Å². The standard InChI is InChI=1S/C14H26N2O3/c1-6-11-7-12(9-16(8-11)10(2)17)15-13(18)19-14(3,4)5/h11-12H,6-9H2,1-5H3,(H,15,18). The summed E-state index contributed by atoms with van der Waals surface area (Å²) in [7, 11) is 0. The molecular formula is C14H26N2O3. The first-order chi connectivity index (χ1) is 8.71.